The van der Waals surface area contributed by atoms with Crippen LogP contribution in [0.25, 0.3) is 4.96 Å². The van der Waals surface area contributed by atoms with Crippen molar-refractivity contribution in [3.63, 3.8) is 0 Å². The summed E-state index contributed by atoms with van der Waals surface area (Å²) in [5.41, 5.74) is 2.81. The largest absolute Gasteiger partial charge is 0.455 e. The van der Waals surface area contributed by atoms with Crippen LogP contribution in [-0.2, 0) is 17.9 Å². The van der Waals surface area contributed by atoms with Gasteiger partial charge in [-0.25, -0.2) is 9.78 Å². The van der Waals surface area contributed by atoms with Crippen LogP contribution in [0.5, 0.6) is 0 Å². The Labute approximate surface area is 168 Å². The zero-order valence-corrected chi connectivity index (χ0v) is 17.3. The first-order valence-electron chi connectivity index (χ1n) is 8.65. The zero-order valence-electron chi connectivity index (χ0n) is 15.6. The van der Waals surface area contributed by atoms with Crippen molar-refractivity contribution in [1.82, 2.24) is 19.2 Å². The normalized spacial score (nSPS) is 11.2. The lowest BCUT2D eigenvalue weighted by molar-refractivity contribution is 0.0470. The monoisotopic (exact) mass is 414 g/mol. The maximum absolute atomic E-state index is 12.6. The van der Waals surface area contributed by atoms with Gasteiger partial charge in [0.25, 0.3) is 5.56 Å². The molecule has 7 nitrogen and oxygen atoms in total. The van der Waals surface area contributed by atoms with Gasteiger partial charge in [-0.2, -0.15) is 9.61 Å². The molecule has 0 aliphatic rings. The van der Waals surface area contributed by atoms with Crippen molar-refractivity contribution in [1.29, 1.82) is 0 Å². The molecule has 4 heterocycles. The molecule has 0 spiro atoms. The second-order valence-corrected chi connectivity index (χ2v) is 8.53. The van der Waals surface area contributed by atoms with Gasteiger partial charge in [-0.05, 0) is 38.3 Å². The number of carbonyl (C=O) groups is 1. The van der Waals surface area contributed by atoms with Crippen molar-refractivity contribution in [3.05, 3.63) is 72.5 Å². The first kappa shape index (κ1) is 18.6. The quantitative estimate of drug-likeness (QED) is 0.468. The lowest BCUT2D eigenvalue weighted by atomic mass is 10.2. The van der Waals surface area contributed by atoms with Gasteiger partial charge in [0.05, 0.1) is 12.1 Å². The lowest BCUT2D eigenvalue weighted by Gasteiger charge is -2.08. The fourth-order valence-corrected chi connectivity index (χ4v) is 4.58. The summed E-state index contributed by atoms with van der Waals surface area (Å²) in [6.07, 6.45) is 0. The molecule has 0 atom stereocenters. The summed E-state index contributed by atoms with van der Waals surface area (Å²) < 4.78 is 8.79. The predicted octanol–water partition coefficient (Wildman–Crippen LogP) is 3.34. The number of hydrogen-bond acceptors (Lipinski definition) is 7. The molecule has 0 aliphatic carbocycles. The van der Waals surface area contributed by atoms with Crippen LogP contribution in [0.2, 0.25) is 0 Å². The molecule has 0 bridgehead atoms. The Kier molecular flexibility index (Phi) is 4.86. The Hall–Kier alpha value is -2.78. The van der Waals surface area contributed by atoms with Gasteiger partial charge >= 0.3 is 5.97 Å². The van der Waals surface area contributed by atoms with Crippen molar-refractivity contribution in [2.75, 3.05) is 0 Å². The van der Waals surface area contributed by atoms with Crippen LogP contribution in [0.4, 0.5) is 0 Å². The average molecular weight is 415 g/mol. The van der Waals surface area contributed by atoms with Gasteiger partial charge in [-0.3, -0.25) is 4.79 Å². The van der Waals surface area contributed by atoms with Crippen LogP contribution < -0.4 is 5.56 Å². The highest BCUT2D eigenvalue weighted by Crippen LogP contribution is 2.21. The van der Waals surface area contributed by atoms with E-state index in [1.54, 1.807) is 18.3 Å². The van der Waals surface area contributed by atoms with Gasteiger partial charge in [0.1, 0.15) is 6.61 Å². The van der Waals surface area contributed by atoms with Crippen molar-refractivity contribution in [2.24, 2.45) is 0 Å². The van der Waals surface area contributed by atoms with Crippen molar-refractivity contribution in [3.8, 4) is 0 Å². The van der Waals surface area contributed by atoms with Crippen LogP contribution in [0, 0.1) is 20.8 Å². The maximum Gasteiger partial charge on any atom is 0.340 e. The van der Waals surface area contributed by atoms with E-state index in [-0.39, 0.29) is 12.2 Å². The molecule has 144 valence electrons. The molecule has 0 N–H and O–H groups in total. The maximum atomic E-state index is 12.6. The number of nitrogens with zero attached hydrogens (tertiary/aromatic N) is 4. The Morgan fingerprint density at radius 1 is 1.25 bits per heavy atom. The predicted molar refractivity (Wildman–Crippen MR) is 108 cm³/mol. The highest BCUT2D eigenvalue weighted by molar-refractivity contribution is 7.16. The minimum Gasteiger partial charge on any atom is -0.455 e. The van der Waals surface area contributed by atoms with Gasteiger partial charge in [-0.15, -0.1) is 11.3 Å². The average Bonchev–Trinajstić information content (AvgIpc) is 3.36. The molecule has 0 amide bonds. The van der Waals surface area contributed by atoms with Gasteiger partial charge in [-0.1, -0.05) is 17.4 Å². The van der Waals surface area contributed by atoms with Crippen molar-refractivity contribution >= 4 is 33.6 Å². The van der Waals surface area contributed by atoms with E-state index in [0.29, 0.717) is 21.2 Å². The van der Waals surface area contributed by atoms with E-state index in [1.165, 1.54) is 26.8 Å². The molecule has 0 fully saturated rings. The zero-order chi connectivity index (χ0) is 19.8. The number of ether oxygens (including phenoxy) is 1. The molecular weight excluding hydrogens is 396 g/mol. The number of rotatable bonds is 5. The molecule has 28 heavy (non-hydrogen) atoms. The molecule has 9 heteroatoms. The van der Waals surface area contributed by atoms with E-state index in [0.717, 1.165) is 17.9 Å². The molecule has 4 aromatic rings. The summed E-state index contributed by atoms with van der Waals surface area (Å²) in [6, 6.07) is 7.36. The Bertz CT molecular complexity index is 1220. The lowest BCUT2D eigenvalue weighted by Crippen LogP contribution is -2.14. The fraction of sp³-hybridized carbons (Fsp3) is 0.263. The van der Waals surface area contributed by atoms with Gasteiger partial charge in [0.15, 0.2) is 5.01 Å². The third kappa shape index (κ3) is 3.50. The minimum absolute atomic E-state index is 0.0000597. The fourth-order valence-electron chi connectivity index (χ4n) is 3.03. The van der Waals surface area contributed by atoms with Gasteiger partial charge in [0.2, 0.25) is 4.96 Å². The summed E-state index contributed by atoms with van der Waals surface area (Å²) in [4.78, 5) is 30.5. The van der Waals surface area contributed by atoms with E-state index in [1.807, 2.05) is 31.4 Å². The molecule has 0 saturated heterocycles. The third-order valence-electron chi connectivity index (χ3n) is 4.43. The van der Waals surface area contributed by atoms with E-state index in [9.17, 15) is 9.59 Å². The molecule has 4 aromatic heterocycles. The summed E-state index contributed by atoms with van der Waals surface area (Å²) in [7, 11) is 0. The van der Waals surface area contributed by atoms with E-state index < -0.39 is 5.97 Å². The highest BCUT2D eigenvalue weighted by Gasteiger charge is 2.18. The van der Waals surface area contributed by atoms with Gasteiger partial charge in [0, 0.05) is 28.0 Å². The topological polar surface area (TPSA) is 78.5 Å². The number of aromatic nitrogens is 4. The molecule has 0 aliphatic heterocycles. The number of thiophene rings is 1. The number of aryl methyl sites for hydroxylation is 2. The molecule has 0 radical (unpaired) electrons. The van der Waals surface area contributed by atoms with Crippen LogP contribution in [-0.4, -0.2) is 25.1 Å². The first-order valence-corrected chi connectivity index (χ1v) is 10.3. The second-order valence-electron chi connectivity index (χ2n) is 6.45. The standard InChI is InChI=1S/C19H18N4O3S2/c1-11-7-17(24)23-19(20-11)28-16(21-23)10-26-18(25)15-8-12(2)22(13(15)3)9-14-5-4-6-27-14/h4-8H,9-10H2,1-3H3. The summed E-state index contributed by atoms with van der Waals surface area (Å²) >= 11 is 2.92. The number of esters is 1. The summed E-state index contributed by atoms with van der Waals surface area (Å²) in [5, 5.41) is 6.76. The van der Waals surface area contributed by atoms with E-state index in [2.05, 4.69) is 20.7 Å². The molecular formula is C19H18N4O3S2. The Balaban J connectivity index is 1.51. The van der Waals surface area contributed by atoms with Crippen LogP contribution in [0.3, 0.4) is 0 Å². The van der Waals surface area contributed by atoms with Gasteiger partial charge < -0.3 is 9.30 Å². The summed E-state index contributed by atoms with van der Waals surface area (Å²) in [6.45, 7) is 6.38. The SMILES string of the molecule is Cc1cc(=O)n2nc(COC(=O)c3cc(C)n(Cc4cccs4)c3C)sc2n1. The number of fused-ring (bicyclic) bond motifs is 1. The number of carbonyl (C=O) groups excluding carboxylic acids is 1. The van der Waals surface area contributed by atoms with E-state index >= 15 is 0 Å². The Morgan fingerprint density at radius 3 is 2.82 bits per heavy atom. The first-order chi connectivity index (χ1) is 13.4. The van der Waals surface area contributed by atoms with Crippen LogP contribution in [0.1, 0.15) is 37.3 Å². The third-order valence-corrected chi connectivity index (χ3v) is 6.17. The Morgan fingerprint density at radius 2 is 2.07 bits per heavy atom. The highest BCUT2D eigenvalue weighted by atomic mass is 32.1. The summed E-state index contributed by atoms with van der Waals surface area (Å²) in [5.74, 6) is -0.402. The molecule has 0 saturated carbocycles. The second kappa shape index (κ2) is 7.33. The number of hydrogen-bond donors (Lipinski definition) is 0. The van der Waals surface area contributed by atoms with Crippen molar-refractivity contribution < 1.29 is 9.53 Å². The minimum atomic E-state index is -0.402. The molecule has 0 unspecified atom stereocenters. The molecule has 0 aromatic carbocycles. The molecule has 4 rings (SSSR count). The van der Waals surface area contributed by atoms with E-state index in [4.69, 9.17) is 4.74 Å². The van der Waals surface area contributed by atoms with Crippen LogP contribution >= 0.6 is 22.7 Å². The van der Waals surface area contributed by atoms with Crippen molar-refractivity contribution in [2.45, 2.75) is 33.9 Å². The smallest absolute Gasteiger partial charge is 0.340 e. The van der Waals surface area contributed by atoms with Crippen LogP contribution in [0.15, 0.2) is 34.4 Å².